The standard InChI is InChI=1S/C14H12N8O/c1-2-23-12-6-3-10(4-7-12)17-19-13-8-5-11(18-21-15)9-14(13)20-22-16/h3-9H,2H2,1H3. The van der Waals surface area contributed by atoms with Crippen molar-refractivity contribution in [1.82, 2.24) is 0 Å². The quantitative estimate of drug-likeness (QED) is 0.341. The topological polar surface area (TPSA) is 131 Å². The van der Waals surface area contributed by atoms with Crippen molar-refractivity contribution in [2.75, 3.05) is 6.61 Å². The first-order valence-corrected chi connectivity index (χ1v) is 6.65. The second-order valence-electron chi connectivity index (χ2n) is 4.18. The lowest BCUT2D eigenvalue weighted by molar-refractivity contribution is 0.340. The van der Waals surface area contributed by atoms with Crippen LogP contribution in [0.4, 0.5) is 22.7 Å². The highest BCUT2D eigenvalue weighted by atomic mass is 16.5. The fraction of sp³-hybridized carbons (Fsp3) is 0.143. The molecule has 2 aromatic rings. The highest BCUT2D eigenvalue weighted by molar-refractivity contribution is 5.66. The van der Waals surface area contributed by atoms with Crippen molar-refractivity contribution >= 4 is 22.7 Å². The molecular formula is C14H12N8O. The lowest BCUT2D eigenvalue weighted by Gasteiger charge is -2.02. The van der Waals surface area contributed by atoms with Crippen molar-refractivity contribution in [3.05, 3.63) is 63.4 Å². The molecule has 0 aliphatic rings. The Morgan fingerprint density at radius 1 is 0.870 bits per heavy atom. The lowest BCUT2D eigenvalue weighted by Crippen LogP contribution is -1.89. The van der Waals surface area contributed by atoms with Gasteiger partial charge in [0.2, 0.25) is 0 Å². The van der Waals surface area contributed by atoms with E-state index < -0.39 is 0 Å². The first kappa shape index (κ1) is 15.8. The Labute approximate surface area is 131 Å². The van der Waals surface area contributed by atoms with Gasteiger partial charge >= 0.3 is 0 Å². The molecule has 0 radical (unpaired) electrons. The Bertz CT molecular complexity index is 802. The highest BCUT2D eigenvalue weighted by Crippen LogP contribution is 2.33. The average Bonchev–Trinajstić information content (AvgIpc) is 2.56. The fourth-order valence-electron chi connectivity index (χ4n) is 1.73. The summed E-state index contributed by atoms with van der Waals surface area (Å²) in [4.78, 5) is 5.40. The first-order valence-electron chi connectivity index (χ1n) is 6.65. The maximum Gasteiger partial charge on any atom is 0.119 e. The molecule has 9 nitrogen and oxygen atoms in total. The van der Waals surface area contributed by atoms with E-state index in [-0.39, 0.29) is 5.69 Å². The number of rotatable bonds is 6. The van der Waals surface area contributed by atoms with Gasteiger partial charge in [0, 0.05) is 15.5 Å². The van der Waals surface area contributed by atoms with Crippen LogP contribution in [-0.4, -0.2) is 6.61 Å². The minimum absolute atomic E-state index is 0.229. The normalized spacial score (nSPS) is 9.96. The maximum absolute atomic E-state index is 8.60. The van der Waals surface area contributed by atoms with E-state index >= 15 is 0 Å². The van der Waals surface area contributed by atoms with E-state index in [1.165, 1.54) is 6.07 Å². The van der Waals surface area contributed by atoms with Gasteiger partial charge in [0.25, 0.3) is 0 Å². The number of hydrogen-bond acceptors (Lipinski definition) is 5. The smallest absolute Gasteiger partial charge is 0.119 e. The van der Waals surface area contributed by atoms with E-state index in [0.29, 0.717) is 23.7 Å². The van der Waals surface area contributed by atoms with Crippen LogP contribution in [-0.2, 0) is 0 Å². The van der Waals surface area contributed by atoms with Gasteiger partial charge in [0.15, 0.2) is 0 Å². The van der Waals surface area contributed by atoms with Gasteiger partial charge in [0.1, 0.15) is 5.75 Å². The fourth-order valence-corrected chi connectivity index (χ4v) is 1.73. The number of benzene rings is 2. The predicted octanol–water partition coefficient (Wildman–Crippen LogP) is 6.38. The van der Waals surface area contributed by atoms with Gasteiger partial charge in [-0.25, -0.2) is 0 Å². The highest BCUT2D eigenvalue weighted by Gasteiger charge is 2.01. The summed E-state index contributed by atoms with van der Waals surface area (Å²) in [6, 6.07) is 11.7. The third-order valence-corrected chi connectivity index (χ3v) is 2.69. The maximum atomic E-state index is 8.60. The summed E-state index contributed by atoms with van der Waals surface area (Å²) in [5.41, 5.74) is 18.6. The molecule has 0 bridgehead atoms. The predicted molar refractivity (Wildman–Crippen MR) is 85.8 cm³/mol. The number of azide groups is 2. The Morgan fingerprint density at radius 3 is 2.22 bits per heavy atom. The molecule has 0 aliphatic heterocycles. The molecule has 2 aromatic carbocycles. The monoisotopic (exact) mass is 308 g/mol. The molecule has 2 rings (SSSR count). The summed E-state index contributed by atoms with van der Waals surface area (Å²) in [7, 11) is 0. The van der Waals surface area contributed by atoms with E-state index in [4.69, 9.17) is 15.8 Å². The van der Waals surface area contributed by atoms with Crippen molar-refractivity contribution in [2.24, 2.45) is 20.5 Å². The first-order chi connectivity index (χ1) is 11.3. The van der Waals surface area contributed by atoms with Crippen molar-refractivity contribution in [2.45, 2.75) is 6.92 Å². The van der Waals surface area contributed by atoms with E-state index in [1.54, 1.807) is 36.4 Å². The van der Waals surface area contributed by atoms with E-state index in [0.717, 1.165) is 5.75 Å². The molecule has 9 heteroatoms. The van der Waals surface area contributed by atoms with Gasteiger partial charge in [0.05, 0.1) is 23.7 Å². The molecule has 0 unspecified atom stereocenters. The zero-order chi connectivity index (χ0) is 16.5. The molecule has 0 heterocycles. The van der Waals surface area contributed by atoms with Crippen LogP contribution in [0.5, 0.6) is 5.75 Å². The summed E-state index contributed by atoms with van der Waals surface area (Å²) < 4.78 is 5.34. The Hall–Kier alpha value is -3.54. The third kappa shape index (κ3) is 4.47. The zero-order valence-corrected chi connectivity index (χ0v) is 12.2. The summed E-state index contributed by atoms with van der Waals surface area (Å²) in [6.07, 6.45) is 0. The van der Waals surface area contributed by atoms with Gasteiger partial charge in [-0.3, -0.25) is 0 Å². The van der Waals surface area contributed by atoms with Crippen molar-refractivity contribution in [3.63, 3.8) is 0 Å². The number of azo groups is 1. The largest absolute Gasteiger partial charge is 0.494 e. The van der Waals surface area contributed by atoms with Crippen LogP contribution in [0.15, 0.2) is 62.9 Å². The van der Waals surface area contributed by atoms with Gasteiger partial charge in [-0.15, -0.1) is 0 Å². The minimum Gasteiger partial charge on any atom is -0.494 e. The molecule has 0 aromatic heterocycles. The molecule has 23 heavy (non-hydrogen) atoms. The van der Waals surface area contributed by atoms with E-state index in [1.807, 2.05) is 6.92 Å². The molecule has 0 N–H and O–H groups in total. The summed E-state index contributed by atoms with van der Waals surface area (Å²) in [5.74, 6) is 0.750. The molecule has 0 atom stereocenters. The molecule has 0 amide bonds. The second kappa shape index (κ2) is 8.04. The molecule has 0 fully saturated rings. The van der Waals surface area contributed by atoms with Crippen LogP contribution in [0.3, 0.4) is 0 Å². The van der Waals surface area contributed by atoms with Crippen LogP contribution < -0.4 is 4.74 Å². The van der Waals surface area contributed by atoms with Crippen LogP contribution in [0, 0.1) is 0 Å². The summed E-state index contributed by atoms with van der Waals surface area (Å²) in [5, 5.41) is 15.1. The lowest BCUT2D eigenvalue weighted by atomic mass is 10.2. The summed E-state index contributed by atoms with van der Waals surface area (Å²) >= 11 is 0. The van der Waals surface area contributed by atoms with E-state index in [9.17, 15) is 0 Å². The van der Waals surface area contributed by atoms with Crippen LogP contribution in [0.2, 0.25) is 0 Å². The third-order valence-electron chi connectivity index (χ3n) is 2.69. The Kier molecular flexibility index (Phi) is 5.54. The zero-order valence-electron chi connectivity index (χ0n) is 12.2. The summed E-state index contributed by atoms with van der Waals surface area (Å²) in [6.45, 7) is 2.50. The van der Waals surface area contributed by atoms with Gasteiger partial charge < -0.3 is 4.74 Å². The molecular weight excluding hydrogens is 296 g/mol. The molecule has 0 saturated heterocycles. The Balaban J connectivity index is 2.27. The van der Waals surface area contributed by atoms with Gasteiger partial charge in [-0.05, 0) is 54.4 Å². The van der Waals surface area contributed by atoms with Crippen molar-refractivity contribution in [1.29, 1.82) is 0 Å². The second-order valence-corrected chi connectivity index (χ2v) is 4.18. The van der Waals surface area contributed by atoms with Crippen LogP contribution >= 0.6 is 0 Å². The van der Waals surface area contributed by atoms with Gasteiger partial charge in [-0.1, -0.05) is 16.3 Å². The SMILES string of the molecule is CCOc1ccc(N=Nc2ccc(N=[N+]=[N-])cc2N=[N+]=[N-])cc1. The van der Waals surface area contributed by atoms with Crippen LogP contribution in [0.1, 0.15) is 6.92 Å². The number of hydrogen-bond donors (Lipinski definition) is 0. The molecule has 114 valence electrons. The van der Waals surface area contributed by atoms with E-state index in [2.05, 4.69) is 30.3 Å². The van der Waals surface area contributed by atoms with Gasteiger partial charge in [-0.2, -0.15) is 10.2 Å². The molecule has 0 saturated carbocycles. The van der Waals surface area contributed by atoms with Crippen LogP contribution in [0.25, 0.3) is 20.9 Å². The molecule has 0 aliphatic carbocycles. The van der Waals surface area contributed by atoms with Crippen molar-refractivity contribution in [3.8, 4) is 5.75 Å². The Morgan fingerprint density at radius 2 is 1.57 bits per heavy atom. The number of nitrogens with zero attached hydrogens (tertiary/aromatic N) is 8. The molecule has 0 spiro atoms. The van der Waals surface area contributed by atoms with Crippen molar-refractivity contribution < 1.29 is 4.74 Å². The number of ether oxygens (including phenoxy) is 1. The minimum atomic E-state index is 0.229. The average molecular weight is 308 g/mol.